The maximum atomic E-state index is 5.32. The maximum absolute atomic E-state index is 5.32. The molecule has 0 aliphatic rings. The molecule has 0 fully saturated rings. The first-order valence-electron chi connectivity index (χ1n) is 5.57. The minimum Gasteiger partial charge on any atom is -0.497 e. The topological polar surface area (TPSA) is 34.1 Å². The number of pyridine rings is 1. The second-order valence-electron chi connectivity index (χ2n) is 3.90. The summed E-state index contributed by atoms with van der Waals surface area (Å²) in [6, 6.07) is 11.5. The summed E-state index contributed by atoms with van der Waals surface area (Å²) >= 11 is 5.32. The Labute approximate surface area is 112 Å². The number of hydrogen-bond donors (Lipinski definition) is 1. The van der Waals surface area contributed by atoms with E-state index in [1.165, 1.54) is 0 Å². The van der Waals surface area contributed by atoms with Crippen molar-refractivity contribution in [1.29, 1.82) is 0 Å². The van der Waals surface area contributed by atoms with Gasteiger partial charge in [0.1, 0.15) is 10.7 Å². The van der Waals surface area contributed by atoms with Gasteiger partial charge in [0.2, 0.25) is 0 Å². The van der Waals surface area contributed by atoms with E-state index >= 15 is 0 Å². The van der Waals surface area contributed by atoms with E-state index in [9.17, 15) is 0 Å². The van der Waals surface area contributed by atoms with Crippen molar-refractivity contribution in [2.75, 3.05) is 12.4 Å². The molecule has 4 heteroatoms. The zero-order valence-corrected chi connectivity index (χ0v) is 11.1. The molecule has 1 aromatic carbocycles. The smallest absolute Gasteiger partial charge is 0.129 e. The summed E-state index contributed by atoms with van der Waals surface area (Å²) in [4.78, 5) is 4.86. The van der Waals surface area contributed by atoms with E-state index in [1.54, 1.807) is 13.3 Å². The maximum Gasteiger partial charge on any atom is 0.129 e. The first kappa shape index (κ1) is 12.5. The van der Waals surface area contributed by atoms with Crippen molar-refractivity contribution >= 4 is 22.9 Å². The number of ether oxygens (including phenoxy) is 1. The first-order valence-corrected chi connectivity index (χ1v) is 5.98. The number of benzene rings is 1. The van der Waals surface area contributed by atoms with Crippen LogP contribution >= 0.6 is 12.2 Å². The molecule has 2 rings (SSSR count). The highest BCUT2D eigenvalue weighted by molar-refractivity contribution is 7.81. The van der Waals surface area contributed by atoms with Gasteiger partial charge in [-0.3, -0.25) is 4.98 Å². The van der Waals surface area contributed by atoms with Gasteiger partial charge in [0.25, 0.3) is 0 Å². The molecular weight excluding hydrogens is 244 g/mol. The fourth-order valence-corrected chi connectivity index (χ4v) is 1.76. The van der Waals surface area contributed by atoms with Gasteiger partial charge in [0.15, 0.2) is 0 Å². The van der Waals surface area contributed by atoms with Gasteiger partial charge in [-0.2, -0.15) is 0 Å². The van der Waals surface area contributed by atoms with Crippen LogP contribution in [0.2, 0.25) is 0 Å². The molecule has 1 aromatic heterocycles. The van der Waals surface area contributed by atoms with E-state index in [-0.39, 0.29) is 0 Å². The van der Waals surface area contributed by atoms with Crippen LogP contribution in [0.1, 0.15) is 11.3 Å². The number of rotatable bonds is 3. The van der Waals surface area contributed by atoms with E-state index in [2.05, 4.69) is 10.3 Å². The highest BCUT2D eigenvalue weighted by Gasteiger charge is 2.03. The second-order valence-corrected chi connectivity index (χ2v) is 4.31. The summed E-state index contributed by atoms with van der Waals surface area (Å²) in [7, 11) is 1.64. The summed E-state index contributed by atoms with van der Waals surface area (Å²) in [5.41, 5.74) is 2.84. The van der Waals surface area contributed by atoms with Crippen molar-refractivity contribution < 1.29 is 4.74 Å². The fraction of sp³-hybridized carbons (Fsp3) is 0.143. The highest BCUT2D eigenvalue weighted by Crippen LogP contribution is 2.16. The molecule has 1 heterocycles. The van der Waals surface area contributed by atoms with Gasteiger partial charge < -0.3 is 10.1 Å². The number of nitrogens with zero attached hydrogens (tertiary/aromatic N) is 1. The third-order valence-corrected chi connectivity index (χ3v) is 2.81. The average Bonchev–Trinajstić information content (AvgIpc) is 2.39. The lowest BCUT2D eigenvalue weighted by Gasteiger charge is -2.08. The molecular formula is C14H14N2OS. The monoisotopic (exact) mass is 258 g/mol. The SMILES string of the molecule is COc1ccc(NC(=S)c2cc(C)ccn2)cc1. The highest BCUT2D eigenvalue weighted by atomic mass is 32.1. The number of methoxy groups -OCH3 is 1. The molecule has 92 valence electrons. The Kier molecular flexibility index (Phi) is 3.89. The molecule has 3 nitrogen and oxygen atoms in total. The van der Waals surface area contributed by atoms with Crippen LogP contribution in [0.25, 0.3) is 0 Å². The van der Waals surface area contributed by atoms with Gasteiger partial charge in [-0.25, -0.2) is 0 Å². The largest absolute Gasteiger partial charge is 0.497 e. The lowest BCUT2D eigenvalue weighted by molar-refractivity contribution is 0.415. The molecule has 0 unspecified atom stereocenters. The lowest BCUT2D eigenvalue weighted by Crippen LogP contribution is -2.12. The number of nitrogens with one attached hydrogen (secondary N) is 1. The Balaban J connectivity index is 2.11. The van der Waals surface area contributed by atoms with Gasteiger partial charge in [0.05, 0.1) is 12.8 Å². The zero-order chi connectivity index (χ0) is 13.0. The van der Waals surface area contributed by atoms with E-state index in [4.69, 9.17) is 17.0 Å². The zero-order valence-electron chi connectivity index (χ0n) is 10.3. The number of aromatic nitrogens is 1. The Morgan fingerprint density at radius 1 is 1.22 bits per heavy atom. The molecule has 0 spiro atoms. The summed E-state index contributed by atoms with van der Waals surface area (Å²) in [5, 5.41) is 3.15. The molecule has 0 bridgehead atoms. The lowest BCUT2D eigenvalue weighted by atomic mass is 10.2. The first-order chi connectivity index (χ1) is 8.69. The second kappa shape index (κ2) is 5.60. The van der Waals surface area contributed by atoms with Crippen LogP contribution in [0, 0.1) is 6.92 Å². The third-order valence-electron chi connectivity index (χ3n) is 2.50. The molecule has 0 aliphatic heterocycles. The van der Waals surface area contributed by atoms with Crippen LogP contribution in [0.4, 0.5) is 5.69 Å². The van der Waals surface area contributed by atoms with E-state index in [0.29, 0.717) is 4.99 Å². The predicted molar refractivity (Wildman–Crippen MR) is 77.3 cm³/mol. The molecule has 18 heavy (non-hydrogen) atoms. The van der Waals surface area contributed by atoms with Gasteiger partial charge in [-0.1, -0.05) is 12.2 Å². The number of hydrogen-bond acceptors (Lipinski definition) is 3. The van der Waals surface area contributed by atoms with Crippen LogP contribution in [0.5, 0.6) is 5.75 Å². The molecule has 0 aliphatic carbocycles. The Hall–Kier alpha value is -1.94. The molecule has 0 saturated carbocycles. The van der Waals surface area contributed by atoms with Crippen molar-refractivity contribution in [3.63, 3.8) is 0 Å². The molecule has 0 amide bonds. The minimum absolute atomic E-state index is 0.615. The third kappa shape index (κ3) is 3.05. The number of aryl methyl sites for hydroxylation is 1. The van der Waals surface area contributed by atoms with Crippen LogP contribution in [0.15, 0.2) is 42.6 Å². The van der Waals surface area contributed by atoms with Crippen molar-refractivity contribution in [3.05, 3.63) is 53.9 Å². The molecule has 0 radical (unpaired) electrons. The Morgan fingerprint density at radius 3 is 2.56 bits per heavy atom. The van der Waals surface area contributed by atoms with Crippen molar-refractivity contribution in [2.24, 2.45) is 0 Å². The van der Waals surface area contributed by atoms with Gasteiger partial charge in [0, 0.05) is 11.9 Å². The Bertz CT molecular complexity index is 552. The van der Waals surface area contributed by atoms with Crippen molar-refractivity contribution in [2.45, 2.75) is 6.92 Å². The number of anilines is 1. The van der Waals surface area contributed by atoms with E-state index in [0.717, 1.165) is 22.7 Å². The fourth-order valence-electron chi connectivity index (χ4n) is 1.53. The van der Waals surface area contributed by atoms with Gasteiger partial charge in [-0.15, -0.1) is 0 Å². The summed E-state index contributed by atoms with van der Waals surface area (Å²) < 4.78 is 5.10. The summed E-state index contributed by atoms with van der Waals surface area (Å²) in [5.74, 6) is 0.820. The molecule has 1 N–H and O–H groups in total. The molecule has 0 saturated heterocycles. The van der Waals surface area contributed by atoms with E-state index in [1.807, 2.05) is 43.3 Å². The normalized spacial score (nSPS) is 9.89. The minimum atomic E-state index is 0.615. The van der Waals surface area contributed by atoms with Crippen LogP contribution in [-0.4, -0.2) is 17.1 Å². The predicted octanol–water partition coefficient (Wildman–Crippen LogP) is 3.19. The number of thiocarbonyl (C=S) groups is 1. The van der Waals surface area contributed by atoms with Crippen molar-refractivity contribution in [3.8, 4) is 5.75 Å². The quantitative estimate of drug-likeness (QED) is 0.857. The summed E-state index contributed by atoms with van der Waals surface area (Å²) in [6.45, 7) is 2.02. The van der Waals surface area contributed by atoms with Gasteiger partial charge >= 0.3 is 0 Å². The molecule has 2 aromatic rings. The van der Waals surface area contributed by atoms with Crippen LogP contribution < -0.4 is 10.1 Å². The average molecular weight is 258 g/mol. The van der Waals surface area contributed by atoms with Gasteiger partial charge in [-0.05, 0) is 48.9 Å². The molecule has 0 atom stereocenters. The van der Waals surface area contributed by atoms with E-state index < -0.39 is 0 Å². The van der Waals surface area contributed by atoms with Crippen LogP contribution in [-0.2, 0) is 0 Å². The van der Waals surface area contributed by atoms with Crippen molar-refractivity contribution in [1.82, 2.24) is 4.98 Å². The summed E-state index contributed by atoms with van der Waals surface area (Å²) in [6.07, 6.45) is 1.76. The van der Waals surface area contributed by atoms with Crippen LogP contribution in [0.3, 0.4) is 0 Å². The standard InChI is InChI=1S/C14H14N2OS/c1-10-7-8-15-13(9-10)14(18)16-11-3-5-12(17-2)6-4-11/h3-9H,1-2H3,(H,16,18). The Morgan fingerprint density at radius 2 is 1.94 bits per heavy atom.